The van der Waals surface area contributed by atoms with E-state index in [9.17, 15) is 14.0 Å². The van der Waals surface area contributed by atoms with Gasteiger partial charge in [-0.1, -0.05) is 6.07 Å². The number of para-hydroxylation sites is 1. The van der Waals surface area contributed by atoms with Crippen molar-refractivity contribution in [3.05, 3.63) is 29.8 Å². The van der Waals surface area contributed by atoms with Crippen LogP contribution in [0.4, 0.5) is 4.39 Å². The number of amides is 2. The van der Waals surface area contributed by atoms with Gasteiger partial charge in [0.05, 0.1) is 5.52 Å². The largest absolute Gasteiger partial charge is 0.370 e. The molecule has 7 heteroatoms. The first-order valence-corrected chi connectivity index (χ1v) is 6.24. The SMILES string of the molecule is NC(=O)CCNC(=O)CCc1nc2c(F)cccc2[nH]1. The lowest BCUT2D eigenvalue weighted by Crippen LogP contribution is -2.28. The molecule has 1 aromatic heterocycles. The Labute approximate surface area is 114 Å². The maximum absolute atomic E-state index is 13.4. The third-order valence-corrected chi connectivity index (χ3v) is 2.79. The number of carbonyl (C=O) groups excluding carboxylic acids is 2. The molecule has 0 spiro atoms. The predicted molar refractivity (Wildman–Crippen MR) is 71.2 cm³/mol. The molecule has 0 saturated carbocycles. The first kappa shape index (κ1) is 14.0. The highest BCUT2D eigenvalue weighted by atomic mass is 19.1. The Kier molecular flexibility index (Phi) is 4.29. The highest BCUT2D eigenvalue weighted by Crippen LogP contribution is 2.15. The van der Waals surface area contributed by atoms with Crippen molar-refractivity contribution < 1.29 is 14.0 Å². The number of carbonyl (C=O) groups is 2. The quantitative estimate of drug-likeness (QED) is 0.722. The topological polar surface area (TPSA) is 101 Å². The van der Waals surface area contributed by atoms with Gasteiger partial charge < -0.3 is 16.0 Å². The van der Waals surface area contributed by atoms with Gasteiger partial charge in [0.15, 0.2) is 5.82 Å². The van der Waals surface area contributed by atoms with Crippen molar-refractivity contribution in [1.82, 2.24) is 15.3 Å². The second-order valence-corrected chi connectivity index (χ2v) is 4.39. The molecular formula is C13H15FN4O2. The number of hydrogen-bond donors (Lipinski definition) is 3. The Hall–Kier alpha value is -2.44. The molecule has 0 radical (unpaired) electrons. The van der Waals surface area contributed by atoms with Crippen LogP contribution in [0.15, 0.2) is 18.2 Å². The number of nitrogens with one attached hydrogen (secondary N) is 2. The molecule has 2 amide bonds. The zero-order chi connectivity index (χ0) is 14.5. The van der Waals surface area contributed by atoms with Crippen LogP contribution < -0.4 is 11.1 Å². The molecule has 0 saturated heterocycles. The zero-order valence-electron chi connectivity index (χ0n) is 10.8. The van der Waals surface area contributed by atoms with E-state index in [1.807, 2.05) is 0 Å². The van der Waals surface area contributed by atoms with Gasteiger partial charge in [0.1, 0.15) is 11.3 Å². The molecule has 0 aliphatic rings. The van der Waals surface area contributed by atoms with Crippen LogP contribution in [0.1, 0.15) is 18.7 Å². The van der Waals surface area contributed by atoms with E-state index in [1.54, 1.807) is 12.1 Å². The molecule has 1 aromatic carbocycles. The number of fused-ring (bicyclic) bond motifs is 1. The van der Waals surface area contributed by atoms with E-state index in [4.69, 9.17) is 5.73 Å². The maximum Gasteiger partial charge on any atom is 0.220 e. The molecule has 0 atom stereocenters. The Balaban J connectivity index is 1.88. The van der Waals surface area contributed by atoms with Gasteiger partial charge in [-0.15, -0.1) is 0 Å². The summed E-state index contributed by atoms with van der Waals surface area (Å²) in [5.74, 6) is -0.503. The normalized spacial score (nSPS) is 10.7. The molecule has 2 rings (SSSR count). The minimum Gasteiger partial charge on any atom is -0.370 e. The van der Waals surface area contributed by atoms with Gasteiger partial charge in [-0.3, -0.25) is 9.59 Å². The standard InChI is InChI=1S/C13H15FN4O2/c14-8-2-1-3-9-13(8)18-11(17-9)4-5-12(20)16-7-6-10(15)19/h1-3H,4-7H2,(H2,15,19)(H,16,20)(H,17,18). The van der Waals surface area contributed by atoms with Crippen LogP contribution in [0, 0.1) is 5.82 Å². The van der Waals surface area contributed by atoms with Crippen LogP contribution in [-0.4, -0.2) is 28.3 Å². The Morgan fingerprint density at radius 3 is 2.85 bits per heavy atom. The summed E-state index contributed by atoms with van der Waals surface area (Å²) in [7, 11) is 0. The van der Waals surface area contributed by atoms with E-state index in [-0.39, 0.29) is 30.8 Å². The van der Waals surface area contributed by atoms with Crippen LogP contribution in [-0.2, 0) is 16.0 Å². The van der Waals surface area contributed by atoms with E-state index >= 15 is 0 Å². The predicted octanol–water partition coefficient (Wildman–Crippen LogP) is 0.626. The lowest BCUT2D eigenvalue weighted by atomic mass is 10.3. The molecule has 0 aliphatic heterocycles. The number of nitrogens with zero attached hydrogens (tertiary/aromatic N) is 1. The summed E-state index contributed by atoms with van der Waals surface area (Å²) in [6.07, 6.45) is 0.693. The Bertz CT molecular complexity index is 638. The minimum absolute atomic E-state index is 0.113. The second kappa shape index (κ2) is 6.14. The van der Waals surface area contributed by atoms with Crippen molar-refractivity contribution in [1.29, 1.82) is 0 Å². The number of nitrogens with two attached hydrogens (primary N) is 1. The van der Waals surface area contributed by atoms with Crippen molar-refractivity contribution >= 4 is 22.8 Å². The average molecular weight is 278 g/mol. The smallest absolute Gasteiger partial charge is 0.220 e. The summed E-state index contributed by atoms with van der Waals surface area (Å²) in [5.41, 5.74) is 5.84. The number of H-pyrrole nitrogens is 1. The Morgan fingerprint density at radius 1 is 1.35 bits per heavy atom. The van der Waals surface area contributed by atoms with Gasteiger partial charge in [0, 0.05) is 25.8 Å². The highest BCUT2D eigenvalue weighted by Gasteiger charge is 2.09. The van der Waals surface area contributed by atoms with Crippen molar-refractivity contribution in [2.45, 2.75) is 19.3 Å². The zero-order valence-corrected chi connectivity index (χ0v) is 10.8. The van der Waals surface area contributed by atoms with Crippen molar-refractivity contribution in [2.75, 3.05) is 6.54 Å². The second-order valence-electron chi connectivity index (χ2n) is 4.39. The van der Waals surface area contributed by atoms with Gasteiger partial charge in [-0.25, -0.2) is 9.37 Å². The first-order valence-electron chi connectivity index (χ1n) is 6.24. The third kappa shape index (κ3) is 3.53. The monoisotopic (exact) mass is 278 g/mol. The number of primary amides is 1. The first-order chi connectivity index (χ1) is 9.56. The number of aryl methyl sites for hydroxylation is 1. The van der Waals surface area contributed by atoms with E-state index in [2.05, 4.69) is 15.3 Å². The van der Waals surface area contributed by atoms with E-state index in [0.29, 0.717) is 17.8 Å². The highest BCUT2D eigenvalue weighted by molar-refractivity contribution is 5.78. The van der Waals surface area contributed by atoms with Gasteiger partial charge in [-0.2, -0.15) is 0 Å². The Morgan fingerprint density at radius 2 is 2.15 bits per heavy atom. The fourth-order valence-electron chi connectivity index (χ4n) is 1.81. The van der Waals surface area contributed by atoms with Gasteiger partial charge in [-0.05, 0) is 12.1 Å². The number of halogens is 1. The van der Waals surface area contributed by atoms with E-state index < -0.39 is 11.7 Å². The molecule has 20 heavy (non-hydrogen) atoms. The molecule has 2 aromatic rings. The van der Waals surface area contributed by atoms with E-state index in [1.165, 1.54) is 6.07 Å². The molecule has 0 bridgehead atoms. The molecule has 0 unspecified atom stereocenters. The number of rotatable bonds is 6. The van der Waals surface area contributed by atoms with Crippen LogP contribution in [0.2, 0.25) is 0 Å². The summed E-state index contributed by atoms with van der Waals surface area (Å²) in [5, 5.41) is 2.57. The third-order valence-electron chi connectivity index (χ3n) is 2.79. The average Bonchev–Trinajstić information content (AvgIpc) is 2.80. The molecule has 106 valence electrons. The lowest BCUT2D eigenvalue weighted by Gasteiger charge is -2.02. The van der Waals surface area contributed by atoms with Gasteiger partial charge in [0.2, 0.25) is 11.8 Å². The number of benzene rings is 1. The van der Waals surface area contributed by atoms with Crippen LogP contribution >= 0.6 is 0 Å². The molecule has 1 heterocycles. The number of aromatic amines is 1. The van der Waals surface area contributed by atoms with Gasteiger partial charge in [0.25, 0.3) is 0 Å². The maximum atomic E-state index is 13.4. The van der Waals surface area contributed by atoms with Crippen molar-refractivity contribution in [3.63, 3.8) is 0 Å². The lowest BCUT2D eigenvalue weighted by molar-refractivity contribution is -0.121. The molecule has 4 N–H and O–H groups in total. The summed E-state index contributed by atoms with van der Waals surface area (Å²) in [6.45, 7) is 0.225. The summed E-state index contributed by atoms with van der Waals surface area (Å²) >= 11 is 0. The van der Waals surface area contributed by atoms with Crippen molar-refractivity contribution in [2.24, 2.45) is 5.73 Å². The number of aromatic nitrogens is 2. The molecular weight excluding hydrogens is 263 g/mol. The molecule has 0 fully saturated rings. The van der Waals surface area contributed by atoms with Crippen molar-refractivity contribution in [3.8, 4) is 0 Å². The summed E-state index contributed by atoms with van der Waals surface area (Å²) in [6, 6.07) is 4.65. The fraction of sp³-hybridized carbons (Fsp3) is 0.308. The molecule has 6 nitrogen and oxygen atoms in total. The number of imidazole rings is 1. The number of hydrogen-bond acceptors (Lipinski definition) is 3. The van der Waals surface area contributed by atoms with Crippen LogP contribution in [0.5, 0.6) is 0 Å². The summed E-state index contributed by atoms with van der Waals surface area (Å²) in [4.78, 5) is 29.1. The van der Waals surface area contributed by atoms with Crippen LogP contribution in [0.3, 0.4) is 0 Å². The fourth-order valence-corrected chi connectivity index (χ4v) is 1.81. The summed E-state index contributed by atoms with van der Waals surface area (Å²) < 4.78 is 13.4. The minimum atomic E-state index is -0.460. The molecule has 0 aliphatic carbocycles. The van der Waals surface area contributed by atoms with Gasteiger partial charge >= 0.3 is 0 Å². The van der Waals surface area contributed by atoms with E-state index in [0.717, 1.165) is 0 Å². The van der Waals surface area contributed by atoms with Crippen LogP contribution in [0.25, 0.3) is 11.0 Å².